The SMILES string of the molecule is COCOc1c(-c2sc3ccccc3c2Br)cc(C)cc1C(C)(C)C. The van der Waals surface area contributed by atoms with Gasteiger partial charge in [0.15, 0.2) is 6.79 Å². The Kier molecular flexibility index (Phi) is 5.24. The highest BCUT2D eigenvalue weighted by molar-refractivity contribution is 9.10. The molecule has 25 heavy (non-hydrogen) atoms. The van der Waals surface area contributed by atoms with E-state index in [1.54, 1.807) is 18.4 Å². The van der Waals surface area contributed by atoms with E-state index in [1.165, 1.54) is 26.1 Å². The monoisotopic (exact) mass is 418 g/mol. The molecule has 3 aromatic rings. The van der Waals surface area contributed by atoms with Gasteiger partial charge in [0.25, 0.3) is 0 Å². The fourth-order valence-corrected chi connectivity index (χ4v) is 5.00. The van der Waals surface area contributed by atoms with Gasteiger partial charge in [0, 0.05) is 32.8 Å². The van der Waals surface area contributed by atoms with E-state index < -0.39 is 0 Å². The summed E-state index contributed by atoms with van der Waals surface area (Å²) in [5, 5.41) is 1.24. The van der Waals surface area contributed by atoms with Gasteiger partial charge in [0.05, 0.1) is 4.88 Å². The molecule has 1 heterocycles. The number of rotatable bonds is 4. The van der Waals surface area contributed by atoms with Crippen LogP contribution >= 0.6 is 27.3 Å². The smallest absolute Gasteiger partial charge is 0.188 e. The largest absolute Gasteiger partial charge is 0.467 e. The van der Waals surface area contributed by atoms with Crippen LogP contribution in [0, 0.1) is 6.92 Å². The number of hydrogen-bond acceptors (Lipinski definition) is 3. The van der Waals surface area contributed by atoms with Crippen LogP contribution in [0.25, 0.3) is 20.5 Å². The lowest BCUT2D eigenvalue weighted by Crippen LogP contribution is -2.15. The van der Waals surface area contributed by atoms with Crippen LogP contribution < -0.4 is 4.74 Å². The standard InChI is InChI=1S/C21H23BrO2S/c1-13-10-15(19(24-12-23-5)16(11-13)21(2,3)4)20-18(22)14-8-6-7-9-17(14)25-20/h6-11H,12H2,1-5H3. The fourth-order valence-electron chi connectivity index (χ4n) is 2.96. The number of thiophene rings is 1. The van der Waals surface area contributed by atoms with E-state index in [2.05, 4.69) is 80.0 Å². The topological polar surface area (TPSA) is 18.5 Å². The van der Waals surface area contributed by atoms with Gasteiger partial charge in [-0.25, -0.2) is 0 Å². The maximum absolute atomic E-state index is 6.07. The first-order valence-corrected chi connectivity index (χ1v) is 9.88. The average Bonchev–Trinajstić information content (AvgIpc) is 2.89. The Balaban J connectivity index is 2.29. The van der Waals surface area contributed by atoms with Crippen molar-refractivity contribution in [1.29, 1.82) is 0 Å². The van der Waals surface area contributed by atoms with E-state index in [9.17, 15) is 0 Å². The second kappa shape index (κ2) is 7.10. The molecule has 0 aliphatic carbocycles. The molecule has 1 aromatic heterocycles. The van der Waals surface area contributed by atoms with Crippen LogP contribution in [-0.2, 0) is 10.2 Å². The van der Waals surface area contributed by atoms with E-state index >= 15 is 0 Å². The predicted octanol–water partition coefficient (Wildman–Crippen LogP) is 6.92. The van der Waals surface area contributed by atoms with Crippen molar-refractivity contribution in [2.24, 2.45) is 0 Å². The summed E-state index contributed by atoms with van der Waals surface area (Å²) in [7, 11) is 1.65. The van der Waals surface area contributed by atoms with Crippen LogP contribution in [0.2, 0.25) is 0 Å². The van der Waals surface area contributed by atoms with Gasteiger partial charge >= 0.3 is 0 Å². The predicted molar refractivity (Wildman–Crippen MR) is 111 cm³/mol. The second-order valence-electron chi connectivity index (χ2n) is 7.23. The molecule has 2 aromatic carbocycles. The van der Waals surface area contributed by atoms with Gasteiger partial charge in [-0.15, -0.1) is 11.3 Å². The third-order valence-corrected chi connectivity index (χ3v) is 6.43. The summed E-state index contributed by atoms with van der Waals surface area (Å²) in [6.45, 7) is 9.02. The third-order valence-electron chi connectivity index (χ3n) is 4.14. The van der Waals surface area contributed by atoms with Crippen molar-refractivity contribution in [3.63, 3.8) is 0 Å². The zero-order chi connectivity index (χ0) is 18.2. The van der Waals surface area contributed by atoms with Gasteiger partial charge in [-0.3, -0.25) is 0 Å². The molecule has 0 aliphatic heterocycles. The van der Waals surface area contributed by atoms with E-state index in [-0.39, 0.29) is 12.2 Å². The molecule has 132 valence electrons. The lowest BCUT2D eigenvalue weighted by Gasteiger charge is -2.25. The number of benzene rings is 2. The zero-order valence-corrected chi connectivity index (χ0v) is 17.7. The van der Waals surface area contributed by atoms with Crippen molar-refractivity contribution >= 4 is 37.4 Å². The normalized spacial score (nSPS) is 11.9. The quantitative estimate of drug-likeness (QED) is 0.428. The summed E-state index contributed by atoms with van der Waals surface area (Å²) in [5.74, 6) is 0.909. The lowest BCUT2D eigenvalue weighted by atomic mass is 9.84. The van der Waals surface area contributed by atoms with Crippen LogP contribution in [0.4, 0.5) is 0 Å². The number of fused-ring (bicyclic) bond motifs is 1. The molecule has 0 saturated carbocycles. The summed E-state index contributed by atoms with van der Waals surface area (Å²) >= 11 is 5.60. The van der Waals surface area contributed by atoms with Gasteiger partial charge < -0.3 is 9.47 Å². The molecule has 4 heteroatoms. The van der Waals surface area contributed by atoms with Crippen LogP contribution in [0.15, 0.2) is 40.9 Å². The van der Waals surface area contributed by atoms with Crippen LogP contribution in [0.1, 0.15) is 31.9 Å². The van der Waals surface area contributed by atoms with Crippen molar-refractivity contribution in [3.05, 3.63) is 52.0 Å². The highest BCUT2D eigenvalue weighted by atomic mass is 79.9. The van der Waals surface area contributed by atoms with Gasteiger partial charge in [-0.05, 0) is 46.0 Å². The van der Waals surface area contributed by atoms with Gasteiger partial charge in [-0.1, -0.05) is 45.0 Å². The van der Waals surface area contributed by atoms with E-state index in [0.717, 1.165) is 15.8 Å². The molecule has 0 radical (unpaired) electrons. The molecule has 0 N–H and O–H groups in total. The first-order chi connectivity index (χ1) is 11.8. The number of methoxy groups -OCH3 is 1. The molecule has 0 amide bonds. The maximum Gasteiger partial charge on any atom is 0.188 e. The van der Waals surface area contributed by atoms with Crippen molar-refractivity contribution in [2.45, 2.75) is 33.1 Å². The highest BCUT2D eigenvalue weighted by Crippen LogP contribution is 2.48. The summed E-state index contributed by atoms with van der Waals surface area (Å²) in [5.41, 5.74) is 3.53. The molecule has 0 aliphatic rings. The first-order valence-electron chi connectivity index (χ1n) is 8.27. The number of aryl methyl sites for hydroxylation is 1. The number of halogens is 1. The van der Waals surface area contributed by atoms with E-state index in [1.807, 2.05) is 0 Å². The average molecular weight is 419 g/mol. The number of hydrogen-bond donors (Lipinski definition) is 0. The summed E-state index contributed by atoms with van der Waals surface area (Å²) < 4.78 is 13.7. The van der Waals surface area contributed by atoms with Gasteiger partial charge in [0.2, 0.25) is 0 Å². The second-order valence-corrected chi connectivity index (χ2v) is 9.08. The van der Waals surface area contributed by atoms with Gasteiger partial charge in [0.1, 0.15) is 5.75 Å². The Bertz CT molecular complexity index is 906. The van der Waals surface area contributed by atoms with E-state index in [4.69, 9.17) is 9.47 Å². The van der Waals surface area contributed by atoms with E-state index in [0.29, 0.717) is 0 Å². The number of ether oxygens (including phenoxy) is 2. The minimum absolute atomic E-state index is 0.0208. The van der Waals surface area contributed by atoms with Gasteiger partial charge in [-0.2, -0.15) is 0 Å². The fraction of sp³-hybridized carbons (Fsp3) is 0.333. The minimum atomic E-state index is -0.0208. The molecule has 0 fully saturated rings. The Morgan fingerprint density at radius 1 is 1.12 bits per heavy atom. The summed E-state index contributed by atoms with van der Waals surface area (Å²) in [6.07, 6.45) is 0. The molecular formula is C21H23BrO2S. The Labute approximate surface area is 161 Å². The Morgan fingerprint density at radius 2 is 1.84 bits per heavy atom. The van der Waals surface area contributed by atoms with Crippen molar-refractivity contribution in [1.82, 2.24) is 0 Å². The Hall–Kier alpha value is -1.36. The van der Waals surface area contributed by atoms with Crippen molar-refractivity contribution in [3.8, 4) is 16.2 Å². The zero-order valence-electron chi connectivity index (χ0n) is 15.3. The molecule has 0 unspecified atom stereocenters. The first kappa shape index (κ1) is 18.4. The van der Waals surface area contributed by atoms with Crippen LogP contribution in [0.3, 0.4) is 0 Å². The molecular weight excluding hydrogens is 396 g/mol. The molecule has 0 spiro atoms. The minimum Gasteiger partial charge on any atom is -0.467 e. The maximum atomic E-state index is 6.07. The summed E-state index contributed by atoms with van der Waals surface area (Å²) in [4.78, 5) is 1.20. The van der Waals surface area contributed by atoms with Crippen molar-refractivity contribution in [2.75, 3.05) is 13.9 Å². The highest BCUT2D eigenvalue weighted by Gasteiger charge is 2.25. The summed E-state index contributed by atoms with van der Waals surface area (Å²) in [6, 6.07) is 12.9. The molecule has 0 atom stereocenters. The molecule has 0 bridgehead atoms. The van der Waals surface area contributed by atoms with Crippen LogP contribution in [-0.4, -0.2) is 13.9 Å². The third kappa shape index (κ3) is 3.62. The molecule has 3 rings (SSSR count). The molecule has 0 saturated heterocycles. The van der Waals surface area contributed by atoms with Crippen LogP contribution in [0.5, 0.6) is 5.75 Å². The van der Waals surface area contributed by atoms with Crippen molar-refractivity contribution < 1.29 is 9.47 Å². The molecule has 2 nitrogen and oxygen atoms in total. The lowest BCUT2D eigenvalue weighted by molar-refractivity contribution is 0.0502. The Morgan fingerprint density at radius 3 is 2.48 bits per heavy atom.